The largest absolute Gasteiger partial charge is 0.396 e. The van der Waals surface area contributed by atoms with Gasteiger partial charge in [-0.05, 0) is 62.5 Å². The number of aliphatic hydroxyl groups is 1. The molecule has 0 aromatic heterocycles. The smallest absolute Gasteiger partial charge is 0.191 e. The lowest BCUT2D eigenvalue weighted by atomic mass is 9.94. The molecule has 1 fully saturated rings. The molecule has 0 bridgehead atoms. The van der Waals surface area contributed by atoms with Crippen molar-refractivity contribution in [3.8, 4) is 0 Å². The van der Waals surface area contributed by atoms with Crippen molar-refractivity contribution < 1.29 is 5.11 Å². The summed E-state index contributed by atoms with van der Waals surface area (Å²) < 4.78 is 0. The van der Waals surface area contributed by atoms with Gasteiger partial charge in [0.25, 0.3) is 0 Å². The van der Waals surface area contributed by atoms with Crippen molar-refractivity contribution in [2.45, 2.75) is 66.0 Å². The molecule has 1 aromatic rings. The SMILES string of the molecule is CCNC(=NCC(CCO)CC(C)C)NC1CCN(Cc2ccccc2C)CC1.I. The van der Waals surface area contributed by atoms with E-state index in [4.69, 9.17) is 4.99 Å². The second-order valence-corrected chi connectivity index (χ2v) is 8.85. The topological polar surface area (TPSA) is 59.9 Å². The van der Waals surface area contributed by atoms with Crippen molar-refractivity contribution in [3.05, 3.63) is 35.4 Å². The lowest BCUT2D eigenvalue weighted by Crippen LogP contribution is -2.48. The van der Waals surface area contributed by atoms with E-state index in [-0.39, 0.29) is 30.6 Å². The maximum Gasteiger partial charge on any atom is 0.191 e. The summed E-state index contributed by atoms with van der Waals surface area (Å²) in [6, 6.07) is 9.17. The van der Waals surface area contributed by atoms with Crippen LogP contribution in [0.5, 0.6) is 0 Å². The molecule has 1 aliphatic rings. The predicted octanol–water partition coefficient (Wildman–Crippen LogP) is 4.18. The minimum Gasteiger partial charge on any atom is -0.396 e. The molecule has 6 heteroatoms. The number of benzene rings is 1. The molecule has 1 aliphatic heterocycles. The molecule has 1 aromatic carbocycles. The number of guanidine groups is 1. The van der Waals surface area contributed by atoms with E-state index in [1.54, 1.807) is 0 Å². The average Bonchev–Trinajstić information content (AvgIpc) is 2.69. The molecule has 1 saturated heterocycles. The first kappa shape index (κ1) is 27.2. The van der Waals surface area contributed by atoms with Gasteiger partial charge in [0.2, 0.25) is 0 Å². The van der Waals surface area contributed by atoms with Gasteiger partial charge in [0, 0.05) is 45.4 Å². The fourth-order valence-corrected chi connectivity index (χ4v) is 4.13. The Bertz CT molecular complexity index is 615. The molecular formula is C24H43IN4O. The van der Waals surface area contributed by atoms with E-state index in [1.165, 1.54) is 11.1 Å². The van der Waals surface area contributed by atoms with Gasteiger partial charge in [-0.25, -0.2) is 0 Å². The van der Waals surface area contributed by atoms with Crippen LogP contribution in [0.1, 0.15) is 57.6 Å². The third kappa shape index (κ3) is 9.96. The van der Waals surface area contributed by atoms with Gasteiger partial charge >= 0.3 is 0 Å². The highest BCUT2D eigenvalue weighted by Gasteiger charge is 2.20. The van der Waals surface area contributed by atoms with Crippen LogP contribution in [0.3, 0.4) is 0 Å². The second kappa shape index (κ2) is 15.0. The molecule has 2 rings (SSSR count). The maximum atomic E-state index is 9.34. The number of rotatable bonds is 10. The number of aryl methyl sites for hydroxylation is 1. The van der Waals surface area contributed by atoms with Crippen molar-refractivity contribution in [2.24, 2.45) is 16.8 Å². The summed E-state index contributed by atoms with van der Waals surface area (Å²) >= 11 is 0. The predicted molar refractivity (Wildman–Crippen MR) is 139 cm³/mol. The molecule has 172 valence electrons. The number of aliphatic imine (C=N–C) groups is 1. The molecule has 1 unspecified atom stereocenters. The summed E-state index contributed by atoms with van der Waals surface area (Å²) in [7, 11) is 0. The van der Waals surface area contributed by atoms with Crippen LogP contribution in [0, 0.1) is 18.8 Å². The Kier molecular flexibility index (Phi) is 13.6. The number of hydrogen-bond acceptors (Lipinski definition) is 3. The molecule has 1 atom stereocenters. The molecule has 0 radical (unpaired) electrons. The molecular weight excluding hydrogens is 487 g/mol. The van der Waals surface area contributed by atoms with E-state index in [0.29, 0.717) is 17.9 Å². The third-order valence-corrected chi connectivity index (χ3v) is 5.78. The van der Waals surface area contributed by atoms with Crippen LogP contribution in [-0.4, -0.2) is 54.8 Å². The van der Waals surface area contributed by atoms with E-state index >= 15 is 0 Å². The lowest BCUT2D eigenvalue weighted by molar-refractivity contribution is 0.198. The van der Waals surface area contributed by atoms with Gasteiger partial charge in [-0.1, -0.05) is 38.1 Å². The van der Waals surface area contributed by atoms with Gasteiger partial charge in [0.05, 0.1) is 0 Å². The third-order valence-electron chi connectivity index (χ3n) is 5.78. The van der Waals surface area contributed by atoms with E-state index in [2.05, 4.69) is 67.5 Å². The number of nitrogens with one attached hydrogen (secondary N) is 2. The Morgan fingerprint density at radius 2 is 1.93 bits per heavy atom. The highest BCUT2D eigenvalue weighted by molar-refractivity contribution is 14.0. The Morgan fingerprint density at radius 3 is 2.53 bits per heavy atom. The average molecular weight is 531 g/mol. The summed E-state index contributed by atoms with van der Waals surface area (Å²) in [6.45, 7) is 14.0. The van der Waals surface area contributed by atoms with E-state index in [0.717, 1.165) is 64.4 Å². The molecule has 0 amide bonds. The van der Waals surface area contributed by atoms with Gasteiger partial charge in [-0.2, -0.15) is 0 Å². The number of piperidine rings is 1. The summed E-state index contributed by atoms with van der Waals surface area (Å²) in [5.41, 5.74) is 2.82. The zero-order valence-electron chi connectivity index (χ0n) is 19.4. The molecule has 3 N–H and O–H groups in total. The number of halogens is 1. The quantitative estimate of drug-likeness (QED) is 0.242. The first-order valence-corrected chi connectivity index (χ1v) is 11.4. The first-order chi connectivity index (χ1) is 14.0. The van der Waals surface area contributed by atoms with Crippen LogP contribution in [0.2, 0.25) is 0 Å². The van der Waals surface area contributed by atoms with Crippen molar-refractivity contribution >= 4 is 29.9 Å². The first-order valence-electron chi connectivity index (χ1n) is 11.4. The summed E-state index contributed by atoms with van der Waals surface area (Å²) in [5, 5.41) is 16.4. The van der Waals surface area contributed by atoms with E-state index < -0.39 is 0 Å². The summed E-state index contributed by atoms with van der Waals surface area (Å²) in [6.07, 6.45) is 4.23. The Hall–Kier alpha value is -0.860. The van der Waals surface area contributed by atoms with E-state index in [1.807, 2.05) is 0 Å². The van der Waals surface area contributed by atoms with Crippen LogP contribution in [0.15, 0.2) is 29.3 Å². The maximum absolute atomic E-state index is 9.34. The Balaban J connectivity index is 0.00000450. The van der Waals surface area contributed by atoms with E-state index in [9.17, 15) is 5.11 Å². The number of aliphatic hydroxyl groups excluding tert-OH is 1. The summed E-state index contributed by atoms with van der Waals surface area (Å²) in [5.74, 6) is 2.01. The highest BCUT2D eigenvalue weighted by Crippen LogP contribution is 2.17. The second-order valence-electron chi connectivity index (χ2n) is 8.85. The number of likely N-dealkylation sites (tertiary alicyclic amines) is 1. The lowest BCUT2D eigenvalue weighted by Gasteiger charge is -2.33. The van der Waals surface area contributed by atoms with Crippen molar-refractivity contribution in [3.63, 3.8) is 0 Å². The number of hydrogen-bond donors (Lipinski definition) is 3. The van der Waals surface area contributed by atoms with Crippen LogP contribution in [0.25, 0.3) is 0 Å². The van der Waals surface area contributed by atoms with Crippen molar-refractivity contribution in [2.75, 3.05) is 32.8 Å². The van der Waals surface area contributed by atoms with Crippen molar-refractivity contribution in [1.82, 2.24) is 15.5 Å². The normalized spacial score (nSPS) is 16.9. The molecule has 0 aliphatic carbocycles. The Morgan fingerprint density at radius 1 is 1.23 bits per heavy atom. The standard InChI is InChI=1S/C24H42N4O.HI/c1-5-25-24(26-17-21(12-15-29)16-19(2)3)27-23-10-13-28(14-11-23)18-22-9-7-6-8-20(22)4;/h6-9,19,21,23,29H,5,10-18H2,1-4H3,(H2,25,26,27);1H. The Labute approximate surface area is 201 Å². The molecule has 30 heavy (non-hydrogen) atoms. The van der Waals surface area contributed by atoms with Gasteiger partial charge < -0.3 is 15.7 Å². The van der Waals surface area contributed by atoms with Gasteiger partial charge in [0.15, 0.2) is 5.96 Å². The van der Waals surface area contributed by atoms with Crippen LogP contribution < -0.4 is 10.6 Å². The van der Waals surface area contributed by atoms with Crippen LogP contribution in [-0.2, 0) is 6.54 Å². The number of nitrogens with zero attached hydrogens (tertiary/aromatic N) is 2. The monoisotopic (exact) mass is 530 g/mol. The molecule has 5 nitrogen and oxygen atoms in total. The fraction of sp³-hybridized carbons (Fsp3) is 0.708. The van der Waals surface area contributed by atoms with Crippen LogP contribution >= 0.6 is 24.0 Å². The van der Waals surface area contributed by atoms with Crippen molar-refractivity contribution in [1.29, 1.82) is 0 Å². The highest BCUT2D eigenvalue weighted by atomic mass is 127. The van der Waals surface area contributed by atoms with Gasteiger partial charge in [-0.15, -0.1) is 24.0 Å². The minimum absolute atomic E-state index is 0. The zero-order valence-corrected chi connectivity index (χ0v) is 21.7. The minimum atomic E-state index is 0. The summed E-state index contributed by atoms with van der Waals surface area (Å²) in [4.78, 5) is 7.41. The van der Waals surface area contributed by atoms with Gasteiger partial charge in [-0.3, -0.25) is 9.89 Å². The zero-order chi connectivity index (χ0) is 21.1. The molecule has 0 spiro atoms. The molecule has 0 saturated carbocycles. The molecule has 1 heterocycles. The van der Waals surface area contributed by atoms with Crippen LogP contribution in [0.4, 0.5) is 0 Å². The fourth-order valence-electron chi connectivity index (χ4n) is 4.13. The van der Waals surface area contributed by atoms with Gasteiger partial charge in [0.1, 0.15) is 0 Å².